The third-order valence-electron chi connectivity index (χ3n) is 5.38. The lowest BCUT2D eigenvalue weighted by molar-refractivity contribution is 0.415. The molecule has 9 heteroatoms. The lowest BCUT2D eigenvalue weighted by Crippen LogP contribution is -2.37. The van der Waals surface area contributed by atoms with Crippen LogP contribution in [-0.2, 0) is 14.1 Å². The molecule has 5 rings (SSSR count). The summed E-state index contributed by atoms with van der Waals surface area (Å²) in [5.74, 6) is 1.62. The van der Waals surface area contributed by atoms with Crippen LogP contribution in [-0.4, -0.2) is 49.7 Å². The summed E-state index contributed by atoms with van der Waals surface area (Å²) < 4.78 is 8.90. The Hall–Kier alpha value is -3.13. The maximum atomic E-state index is 6.59. The van der Waals surface area contributed by atoms with Crippen LogP contribution in [0.4, 0.5) is 5.82 Å². The fraction of sp³-hybridized carbons (Fsp3) is 0.300. The van der Waals surface area contributed by atoms with Crippen molar-refractivity contribution in [2.45, 2.75) is 6.42 Å². The molecule has 0 amide bonds. The molecule has 1 saturated heterocycles. The maximum Gasteiger partial charge on any atom is 0.163 e. The van der Waals surface area contributed by atoms with Gasteiger partial charge in [0.05, 0.1) is 29.4 Å². The summed E-state index contributed by atoms with van der Waals surface area (Å²) >= 11 is 6.59. The van der Waals surface area contributed by atoms with Gasteiger partial charge in [-0.05, 0) is 24.6 Å². The largest absolute Gasteiger partial charge is 0.497 e. The van der Waals surface area contributed by atoms with Crippen LogP contribution in [0, 0.1) is 0 Å². The summed E-state index contributed by atoms with van der Waals surface area (Å²) in [5, 5.41) is 10.8. The van der Waals surface area contributed by atoms with E-state index in [4.69, 9.17) is 21.4 Å². The van der Waals surface area contributed by atoms with Gasteiger partial charge < -0.3 is 9.64 Å². The Bertz CT molecular complexity index is 1230. The van der Waals surface area contributed by atoms with Gasteiger partial charge in [-0.1, -0.05) is 11.6 Å². The minimum atomic E-state index is 0.591. The molecule has 29 heavy (non-hydrogen) atoms. The van der Waals surface area contributed by atoms with Gasteiger partial charge in [-0.15, -0.1) is 0 Å². The van der Waals surface area contributed by atoms with E-state index < -0.39 is 0 Å². The van der Waals surface area contributed by atoms with Gasteiger partial charge in [0.2, 0.25) is 0 Å². The summed E-state index contributed by atoms with van der Waals surface area (Å²) in [4.78, 5) is 11.3. The minimum absolute atomic E-state index is 0.591. The monoisotopic (exact) mass is 409 g/mol. The molecular weight excluding hydrogens is 390 g/mol. The van der Waals surface area contributed by atoms with Crippen LogP contribution in [0.15, 0.2) is 30.7 Å². The summed E-state index contributed by atoms with van der Waals surface area (Å²) in [7, 11) is 5.42. The van der Waals surface area contributed by atoms with Gasteiger partial charge in [-0.2, -0.15) is 10.2 Å². The van der Waals surface area contributed by atoms with Crippen LogP contribution < -0.4 is 9.64 Å². The van der Waals surface area contributed by atoms with E-state index in [2.05, 4.69) is 20.0 Å². The zero-order valence-corrected chi connectivity index (χ0v) is 17.2. The molecule has 148 valence electrons. The van der Waals surface area contributed by atoms with E-state index in [1.165, 1.54) is 6.42 Å². The smallest absolute Gasteiger partial charge is 0.163 e. The molecule has 0 radical (unpaired) electrons. The number of benzene rings is 1. The summed E-state index contributed by atoms with van der Waals surface area (Å²) in [6.07, 6.45) is 4.59. The Labute approximate surface area is 172 Å². The maximum absolute atomic E-state index is 6.59. The molecule has 4 aromatic rings. The third-order valence-corrected chi connectivity index (χ3v) is 5.69. The first kappa shape index (κ1) is 17.9. The first-order valence-corrected chi connectivity index (χ1v) is 9.75. The van der Waals surface area contributed by atoms with Crippen molar-refractivity contribution in [1.82, 2.24) is 29.5 Å². The first-order chi connectivity index (χ1) is 14.1. The Morgan fingerprint density at radius 1 is 1.07 bits per heavy atom. The number of nitrogens with zero attached hydrogens (tertiary/aromatic N) is 7. The van der Waals surface area contributed by atoms with Gasteiger partial charge >= 0.3 is 0 Å². The van der Waals surface area contributed by atoms with Gasteiger partial charge in [0.1, 0.15) is 23.6 Å². The van der Waals surface area contributed by atoms with Gasteiger partial charge in [0.15, 0.2) is 5.65 Å². The highest BCUT2D eigenvalue weighted by Gasteiger charge is 2.26. The van der Waals surface area contributed by atoms with Crippen molar-refractivity contribution in [2.24, 2.45) is 14.1 Å². The van der Waals surface area contributed by atoms with Gasteiger partial charge in [0, 0.05) is 38.3 Å². The second-order valence-electron chi connectivity index (χ2n) is 7.08. The van der Waals surface area contributed by atoms with E-state index in [9.17, 15) is 0 Å². The number of aryl methyl sites for hydroxylation is 2. The number of aromatic nitrogens is 6. The average Bonchev–Trinajstić information content (AvgIpc) is 3.21. The highest BCUT2D eigenvalue weighted by molar-refractivity contribution is 6.33. The third kappa shape index (κ3) is 2.74. The summed E-state index contributed by atoms with van der Waals surface area (Å²) in [6.45, 7) is 1.98. The predicted molar refractivity (Wildman–Crippen MR) is 112 cm³/mol. The van der Waals surface area contributed by atoms with E-state index in [1.54, 1.807) is 24.2 Å². The zero-order chi connectivity index (χ0) is 20.1. The van der Waals surface area contributed by atoms with Crippen molar-refractivity contribution < 1.29 is 4.74 Å². The molecule has 0 spiro atoms. The van der Waals surface area contributed by atoms with Gasteiger partial charge in [-0.3, -0.25) is 4.68 Å². The Morgan fingerprint density at radius 3 is 2.59 bits per heavy atom. The molecule has 4 heterocycles. The quantitative estimate of drug-likeness (QED) is 0.515. The molecule has 0 aliphatic carbocycles. The Balaban J connectivity index is 1.76. The molecular formula is C20H20ClN7O. The normalized spacial score (nSPS) is 13.7. The van der Waals surface area contributed by atoms with Crippen LogP contribution in [0.25, 0.3) is 33.5 Å². The van der Waals surface area contributed by atoms with Gasteiger partial charge in [-0.25, -0.2) is 14.6 Å². The van der Waals surface area contributed by atoms with Gasteiger partial charge in [0.25, 0.3) is 0 Å². The lowest BCUT2D eigenvalue weighted by atomic mass is 10.0. The molecule has 3 aromatic heterocycles. The number of halogens is 1. The van der Waals surface area contributed by atoms with Crippen LogP contribution in [0.3, 0.4) is 0 Å². The second-order valence-corrected chi connectivity index (χ2v) is 7.49. The van der Waals surface area contributed by atoms with E-state index in [0.29, 0.717) is 10.8 Å². The van der Waals surface area contributed by atoms with Crippen LogP contribution in [0.1, 0.15) is 6.42 Å². The number of fused-ring (bicyclic) bond motifs is 1. The molecule has 0 bridgehead atoms. The van der Waals surface area contributed by atoms with Crippen molar-refractivity contribution in [1.29, 1.82) is 0 Å². The average molecular weight is 410 g/mol. The SMILES string of the molecule is COc1ccc(-c2c(-c3nn(C)c4ncnc(N5CCC5)c34)cnn2C)c(Cl)c1. The predicted octanol–water partition coefficient (Wildman–Crippen LogP) is 3.30. The molecule has 0 unspecified atom stereocenters. The molecule has 0 atom stereocenters. The van der Waals surface area contributed by atoms with Crippen LogP contribution >= 0.6 is 11.6 Å². The van der Waals surface area contributed by atoms with Crippen LogP contribution in [0.2, 0.25) is 5.02 Å². The topological polar surface area (TPSA) is 73.9 Å². The Kier molecular flexibility index (Phi) is 4.16. The second kappa shape index (κ2) is 6.73. The summed E-state index contributed by atoms with van der Waals surface area (Å²) in [6, 6.07) is 5.64. The molecule has 1 aromatic carbocycles. The molecule has 1 aliphatic heterocycles. The highest BCUT2D eigenvalue weighted by Crippen LogP contribution is 2.41. The Morgan fingerprint density at radius 2 is 1.90 bits per heavy atom. The lowest BCUT2D eigenvalue weighted by Gasteiger charge is -2.32. The molecule has 1 aliphatic rings. The first-order valence-electron chi connectivity index (χ1n) is 9.37. The number of hydrogen-bond acceptors (Lipinski definition) is 6. The van der Waals surface area contributed by atoms with E-state index in [0.717, 1.165) is 52.5 Å². The zero-order valence-electron chi connectivity index (χ0n) is 16.4. The fourth-order valence-corrected chi connectivity index (χ4v) is 4.03. The van der Waals surface area contributed by atoms with Crippen LogP contribution in [0.5, 0.6) is 5.75 Å². The van der Waals surface area contributed by atoms with Crippen molar-refractivity contribution in [3.63, 3.8) is 0 Å². The minimum Gasteiger partial charge on any atom is -0.497 e. The highest BCUT2D eigenvalue weighted by atomic mass is 35.5. The number of rotatable bonds is 4. The standard InChI is InChI=1S/C20H20ClN7O/c1-26-18(13-6-5-12(29-3)9-15(13)21)14(10-24-26)17-16-19(27(2)25-17)22-11-23-20(16)28-7-4-8-28/h5-6,9-11H,4,7-8H2,1-3H3. The van der Waals surface area contributed by atoms with Crippen molar-refractivity contribution in [3.8, 4) is 28.3 Å². The van der Waals surface area contributed by atoms with E-state index in [-0.39, 0.29) is 0 Å². The number of hydrogen-bond donors (Lipinski definition) is 0. The fourth-order valence-electron chi connectivity index (χ4n) is 3.77. The van der Waals surface area contributed by atoms with Crippen molar-refractivity contribution in [2.75, 3.05) is 25.1 Å². The number of anilines is 1. The number of ether oxygens (including phenoxy) is 1. The van der Waals surface area contributed by atoms with E-state index >= 15 is 0 Å². The number of methoxy groups -OCH3 is 1. The molecule has 1 fully saturated rings. The summed E-state index contributed by atoms with van der Waals surface area (Å²) in [5.41, 5.74) is 4.24. The van der Waals surface area contributed by atoms with Crippen molar-refractivity contribution in [3.05, 3.63) is 35.7 Å². The molecule has 8 nitrogen and oxygen atoms in total. The molecule has 0 N–H and O–H groups in total. The molecule has 0 saturated carbocycles. The van der Waals surface area contributed by atoms with Crippen molar-refractivity contribution >= 4 is 28.5 Å². The van der Waals surface area contributed by atoms with E-state index in [1.807, 2.05) is 37.1 Å².